The van der Waals surface area contributed by atoms with Crippen LogP contribution in [0.15, 0.2) is 6.20 Å². The van der Waals surface area contributed by atoms with Gasteiger partial charge in [-0.15, -0.1) is 5.10 Å². The summed E-state index contributed by atoms with van der Waals surface area (Å²) in [6.45, 7) is 9.84. The molecule has 1 aromatic rings. The molecule has 1 aliphatic rings. The van der Waals surface area contributed by atoms with Crippen molar-refractivity contribution in [2.75, 3.05) is 43.0 Å². The van der Waals surface area contributed by atoms with E-state index in [9.17, 15) is 4.79 Å². The molecule has 0 radical (unpaired) electrons. The molecule has 2 rings (SSSR count). The smallest absolute Gasteiger partial charge is 0.409 e. The lowest BCUT2D eigenvalue weighted by atomic mass is 10.1. The number of hydrogen-bond acceptors (Lipinski definition) is 7. The van der Waals surface area contributed by atoms with Crippen LogP contribution in [-0.2, 0) is 4.74 Å². The summed E-state index contributed by atoms with van der Waals surface area (Å²) in [6, 6.07) is 0.244. The van der Waals surface area contributed by atoms with E-state index in [1.165, 1.54) is 0 Å². The molecule has 140 valence electrons. The molecule has 1 saturated heterocycles. The predicted octanol–water partition coefficient (Wildman–Crippen LogP) is 2.53. The van der Waals surface area contributed by atoms with Crippen LogP contribution in [0.2, 0.25) is 0 Å². The molecule has 0 aliphatic carbocycles. The number of aromatic nitrogens is 3. The zero-order valence-corrected chi connectivity index (χ0v) is 15.6. The minimum atomic E-state index is -0.226. The van der Waals surface area contributed by atoms with Crippen molar-refractivity contribution in [1.29, 1.82) is 0 Å². The van der Waals surface area contributed by atoms with Gasteiger partial charge in [0.25, 0.3) is 0 Å². The Balaban J connectivity index is 1.91. The number of carbonyl (C=O) groups excluding carboxylic acids is 1. The number of nitrogens with one attached hydrogen (secondary N) is 1. The number of piperidine rings is 1. The van der Waals surface area contributed by atoms with Gasteiger partial charge in [-0.05, 0) is 32.6 Å². The van der Waals surface area contributed by atoms with Crippen LogP contribution in [0.5, 0.6) is 0 Å². The molecule has 25 heavy (non-hydrogen) atoms. The van der Waals surface area contributed by atoms with Gasteiger partial charge in [0.15, 0.2) is 5.82 Å². The largest absolute Gasteiger partial charge is 0.450 e. The van der Waals surface area contributed by atoms with Crippen molar-refractivity contribution in [2.45, 2.75) is 52.5 Å². The number of likely N-dealkylation sites (tertiary alicyclic amines) is 1. The Labute approximate surface area is 150 Å². The van der Waals surface area contributed by atoms with Crippen LogP contribution < -0.4 is 10.2 Å². The normalized spacial score (nSPS) is 15.1. The second kappa shape index (κ2) is 10.0. The molecule has 0 spiro atoms. The fraction of sp³-hybridized carbons (Fsp3) is 0.765. The van der Waals surface area contributed by atoms with Gasteiger partial charge in [-0.1, -0.05) is 13.8 Å². The highest BCUT2D eigenvalue weighted by Crippen LogP contribution is 2.17. The van der Waals surface area contributed by atoms with Gasteiger partial charge in [0, 0.05) is 32.2 Å². The summed E-state index contributed by atoms with van der Waals surface area (Å²) in [5, 5.41) is 11.6. The SMILES string of the molecule is CCCN(CCC)c1cnnc(NC2CCN(C(=O)OCC)CC2)n1. The van der Waals surface area contributed by atoms with Crippen LogP contribution in [-0.4, -0.2) is 65.0 Å². The second-order valence-electron chi connectivity index (χ2n) is 6.23. The highest BCUT2D eigenvalue weighted by atomic mass is 16.6. The lowest BCUT2D eigenvalue weighted by Gasteiger charge is -2.31. The number of ether oxygens (including phenoxy) is 1. The predicted molar refractivity (Wildman–Crippen MR) is 97.9 cm³/mol. The minimum Gasteiger partial charge on any atom is -0.450 e. The fourth-order valence-corrected chi connectivity index (χ4v) is 2.99. The number of anilines is 2. The first-order valence-electron chi connectivity index (χ1n) is 9.30. The van der Waals surface area contributed by atoms with E-state index in [1.54, 1.807) is 11.1 Å². The highest BCUT2D eigenvalue weighted by Gasteiger charge is 2.24. The molecule has 0 atom stereocenters. The molecule has 1 fully saturated rings. The fourth-order valence-electron chi connectivity index (χ4n) is 2.99. The summed E-state index contributed by atoms with van der Waals surface area (Å²) in [5.74, 6) is 1.43. The summed E-state index contributed by atoms with van der Waals surface area (Å²) in [7, 11) is 0. The Morgan fingerprint density at radius 2 is 1.96 bits per heavy atom. The number of carbonyl (C=O) groups is 1. The molecule has 8 heteroatoms. The zero-order chi connectivity index (χ0) is 18.1. The van der Waals surface area contributed by atoms with Gasteiger partial charge in [0.1, 0.15) is 0 Å². The van der Waals surface area contributed by atoms with E-state index >= 15 is 0 Å². The van der Waals surface area contributed by atoms with Crippen molar-refractivity contribution in [1.82, 2.24) is 20.1 Å². The van der Waals surface area contributed by atoms with Crippen molar-refractivity contribution in [3.8, 4) is 0 Å². The molecule has 1 amide bonds. The molecule has 0 unspecified atom stereocenters. The number of amides is 1. The van der Waals surface area contributed by atoms with E-state index in [1.807, 2.05) is 6.92 Å². The van der Waals surface area contributed by atoms with Crippen molar-refractivity contribution in [3.63, 3.8) is 0 Å². The number of hydrogen-bond donors (Lipinski definition) is 1. The van der Waals surface area contributed by atoms with Crippen molar-refractivity contribution in [3.05, 3.63) is 6.20 Å². The van der Waals surface area contributed by atoms with Crippen molar-refractivity contribution < 1.29 is 9.53 Å². The van der Waals surface area contributed by atoms with Crippen molar-refractivity contribution in [2.24, 2.45) is 0 Å². The summed E-state index contributed by atoms with van der Waals surface area (Å²) in [5.41, 5.74) is 0. The molecule has 0 saturated carbocycles. The molecule has 1 N–H and O–H groups in total. The van der Waals surface area contributed by atoms with Crippen LogP contribution in [0.3, 0.4) is 0 Å². The third kappa shape index (κ3) is 5.72. The van der Waals surface area contributed by atoms with E-state index in [0.717, 1.165) is 44.6 Å². The quantitative estimate of drug-likeness (QED) is 0.771. The van der Waals surface area contributed by atoms with Crippen molar-refractivity contribution >= 4 is 17.9 Å². The van der Waals surface area contributed by atoms with E-state index in [4.69, 9.17) is 4.74 Å². The molecule has 8 nitrogen and oxygen atoms in total. The monoisotopic (exact) mass is 350 g/mol. The molecule has 2 heterocycles. The van der Waals surface area contributed by atoms with Crippen LogP contribution in [0.4, 0.5) is 16.6 Å². The Morgan fingerprint density at radius 3 is 2.56 bits per heavy atom. The maximum absolute atomic E-state index is 11.7. The molecule has 0 bridgehead atoms. The standard InChI is InChI=1S/C17H30N6O2/c1-4-9-22(10-5-2)15-13-18-21-16(20-15)19-14-7-11-23(12-8-14)17(24)25-6-3/h13-14H,4-12H2,1-3H3,(H,19,20,21). The number of nitrogens with zero attached hydrogens (tertiary/aromatic N) is 5. The first kappa shape index (κ1) is 19.2. The van der Waals surface area contributed by atoms with Gasteiger partial charge in [0.05, 0.1) is 12.8 Å². The van der Waals surface area contributed by atoms with Crippen LogP contribution in [0, 0.1) is 0 Å². The average Bonchev–Trinajstić information content (AvgIpc) is 2.62. The number of rotatable bonds is 8. The Hall–Kier alpha value is -2.12. The van der Waals surface area contributed by atoms with Gasteiger partial charge in [-0.2, -0.15) is 10.1 Å². The van der Waals surface area contributed by atoms with Crippen LogP contribution >= 0.6 is 0 Å². The lowest BCUT2D eigenvalue weighted by molar-refractivity contribution is 0.0983. The van der Waals surface area contributed by atoms with Crippen LogP contribution in [0.25, 0.3) is 0 Å². The Bertz CT molecular complexity index is 528. The van der Waals surface area contributed by atoms with Crippen LogP contribution in [0.1, 0.15) is 46.5 Å². The third-order valence-electron chi connectivity index (χ3n) is 4.21. The van der Waals surface area contributed by atoms with Gasteiger partial charge >= 0.3 is 6.09 Å². The van der Waals surface area contributed by atoms with Gasteiger partial charge < -0.3 is 19.9 Å². The van der Waals surface area contributed by atoms with E-state index in [2.05, 4.69) is 39.2 Å². The topological polar surface area (TPSA) is 83.5 Å². The zero-order valence-electron chi connectivity index (χ0n) is 15.6. The first-order valence-corrected chi connectivity index (χ1v) is 9.30. The maximum atomic E-state index is 11.7. The Morgan fingerprint density at radius 1 is 1.28 bits per heavy atom. The van der Waals surface area contributed by atoms with E-state index in [0.29, 0.717) is 25.6 Å². The molecule has 0 aromatic carbocycles. The summed E-state index contributed by atoms with van der Waals surface area (Å²) >= 11 is 0. The van der Waals surface area contributed by atoms with Gasteiger partial charge in [-0.25, -0.2) is 4.79 Å². The summed E-state index contributed by atoms with van der Waals surface area (Å²) in [6.07, 6.45) is 5.33. The average molecular weight is 350 g/mol. The third-order valence-corrected chi connectivity index (χ3v) is 4.21. The summed E-state index contributed by atoms with van der Waals surface area (Å²) in [4.78, 5) is 20.4. The highest BCUT2D eigenvalue weighted by molar-refractivity contribution is 5.67. The van der Waals surface area contributed by atoms with Gasteiger partial charge in [0.2, 0.25) is 5.95 Å². The van der Waals surface area contributed by atoms with E-state index < -0.39 is 0 Å². The molecule has 1 aromatic heterocycles. The summed E-state index contributed by atoms with van der Waals surface area (Å²) < 4.78 is 5.05. The Kier molecular flexibility index (Phi) is 7.69. The molecular weight excluding hydrogens is 320 g/mol. The maximum Gasteiger partial charge on any atom is 0.409 e. The molecular formula is C17H30N6O2. The molecule has 1 aliphatic heterocycles. The second-order valence-corrected chi connectivity index (χ2v) is 6.23. The van der Waals surface area contributed by atoms with Gasteiger partial charge in [-0.3, -0.25) is 0 Å². The lowest BCUT2D eigenvalue weighted by Crippen LogP contribution is -2.42. The minimum absolute atomic E-state index is 0.226. The van der Waals surface area contributed by atoms with E-state index in [-0.39, 0.29) is 12.1 Å². The first-order chi connectivity index (χ1) is 12.2.